The van der Waals surface area contributed by atoms with E-state index in [0.717, 1.165) is 61.8 Å². The zero-order valence-electron chi connectivity index (χ0n) is 25.4. The largest absolute Gasteiger partial charge is 0.444 e. The van der Waals surface area contributed by atoms with E-state index in [1.807, 2.05) is 58.9 Å². The number of nitrogens with zero attached hydrogens (tertiary/aromatic N) is 4. The van der Waals surface area contributed by atoms with Gasteiger partial charge in [-0.1, -0.05) is 12.1 Å². The van der Waals surface area contributed by atoms with E-state index in [4.69, 9.17) is 24.9 Å². The fourth-order valence-corrected chi connectivity index (χ4v) is 6.45. The summed E-state index contributed by atoms with van der Waals surface area (Å²) in [5.41, 5.74) is 10.4. The molecule has 5 rings (SSSR count). The van der Waals surface area contributed by atoms with Crippen LogP contribution in [-0.2, 0) is 16.0 Å². The number of carbonyl (C=O) groups is 2. The highest BCUT2D eigenvalue weighted by molar-refractivity contribution is 7.15. The normalized spacial score (nSPS) is 14.1. The molecule has 0 aliphatic carbocycles. The highest BCUT2D eigenvalue weighted by atomic mass is 32.1. The van der Waals surface area contributed by atoms with Gasteiger partial charge in [-0.2, -0.15) is 0 Å². The first-order chi connectivity index (χ1) is 20.4. The number of amides is 2. The number of benzene rings is 1. The highest BCUT2D eigenvalue weighted by Gasteiger charge is 2.27. The molecule has 1 aliphatic heterocycles. The van der Waals surface area contributed by atoms with Crippen molar-refractivity contribution < 1.29 is 23.8 Å². The molecule has 1 aliphatic rings. The van der Waals surface area contributed by atoms with Gasteiger partial charge in [-0.05, 0) is 87.6 Å². The lowest BCUT2D eigenvalue weighted by molar-refractivity contribution is 0.0282. The van der Waals surface area contributed by atoms with Crippen molar-refractivity contribution in [2.24, 2.45) is 5.73 Å². The average molecular weight is 604 g/mol. The number of pyridine rings is 2. The van der Waals surface area contributed by atoms with Gasteiger partial charge < -0.3 is 24.8 Å². The molecule has 1 saturated heterocycles. The van der Waals surface area contributed by atoms with Gasteiger partial charge in [0.05, 0.1) is 12.2 Å². The Hall–Kier alpha value is -4.09. The first-order valence-electron chi connectivity index (χ1n) is 14.3. The molecule has 4 aromatic rings. The molecule has 10 nitrogen and oxygen atoms in total. The molecule has 3 aromatic heterocycles. The fraction of sp³-hybridized carbons (Fsp3) is 0.406. The molecule has 0 radical (unpaired) electrons. The predicted octanol–water partition coefficient (Wildman–Crippen LogP) is 6.76. The topological polar surface area (TPSA) is 130 Å². The Labute approximate surface area is 255 Å². The number of aryl methyl sites for hydroxylation is 1. The van der Waals surface area contributed by atoms with Crippen LogP contribution in [0.5, 0.6) is 5.88 Å². The van der Waals surface area contributed by atoms with Gasteiger partial charge in [0.1, 0.15) is 10.6 Å². The molecule has 2 N–H and O–H groups in total. The van der Waals surface area contributed by atoms with Gasteiger partial charge in [0.2, 0.25) is 5.88 Å². The SMILES string of the molecule is Cc1nccc(-c2ccc3c(-c4nc(CN(C)C(=O)OC(C)(C)C)c(C5CCOCC5)s4)cnc(OC(N)=O)c3c2)c1C. The summed E-state index contributed by atoms with van der Waals surface area (Å²) in [6.45, 7) is 11.2. The summed E-state index contributed by atoms with van der Waals surface area (Å²) in [7, 11) is 1.72. The number of aromatic nitrogens is 3. The van der Waals surface area contributed by atoms with Crippen LogP contribution in [0.3, 0.4) is 0 Å². The number of rotatable bonds is 6. The molecule has 1 aromatic carbocycles. The molecule has 0 saturated carbocycles. The van der Waals surface area contributed by atoms with E-state index in [-0.39, 0.29) is 11.8 Å². The lowest BCUT2D eigenvalue weighted by Crippen LogP contribution is -2.34. The second-order valence-corrected chi connectivity index (χ2v) is 12.8. The second kappa shape index (κ2) is 12.3. The van der Waals surface area contributed by atoms with E-state index >= 15 is 0 Å². The second-order valence-electron chi connectivity index (χ2n) is 11.8. The fourth-order valence-electron chi connectivity index (χ4n) is 5.19. The van der Waals surface area contributed by atoms with E-state index in [9.17, 15) is 9.59 Å². The van der Waals surface area contributed by atoms with Crippen molar-refractivity contribution in [3.8, 4) is 27.6 Å². The van der Waals surface area contributed by atoms with Gasteiger partial charge in [0.25, 0.3) is 0 Å². The quantitative estimate of drug-likeness (QED) is 0.256. The standard InChI is InChI=1S/C32H37N5O5S/c1-18-19(2)34-12-9-22(18)21-7-8-23-24(15-21)28(41-30(33)38)35-16-25(23)29-36-26(17-37(6)31(39)42-32(3,4)5)27(43-29)20-10-13-40-14-11-20/h7-9,12,15-16,20H,10-11,13-14,17H2,1-6H3,(H2,33,38). The number of nitrogens with two attached hydrogens (primary N) is 1. The molecule has 1 fully saturated rings. The Morgan fingerprint density at radius 1 is 1.09 bits per heavy atom. The van der Waals surface area contributed by atoms with Crippen molar-refractivity contribution >= 4 is 34.3 Å². The van der Waals surface area contributed by atoms with Crippen molar-refractivity contribution in [3.63, 3.8) is 0 Å². The Balaban J connectivity index is 1.61. The van der Waals surface area contributed by atoms with Crippen LogP contribution >= 0.6 is 11.3 Å². The Morgan fingerprint density at radius 2 is 1.84 bits per heavy atom. The molecule has 2 amide bonds. The number of hydrogen-bond donors (Lipinski definition) is 1. The molecule has 0 atom stereocenters. The number of primary amides is 1. The van der Waals surface area contributed by atoms with Gasteiger partial charge in [-0.15, -0.1) is 11.3 Å². The van der Waals surface area contributed by atoms with Gasteiger partial charge in [0.15, 0.2) is 0 Å². The monoisotopic (exact) mass is 603 g/mol. The minimum Gasteiger partial charge on any atom is -0.444 e. The van der Waals surface area contributed by atoms with Crippen LogP contribution in [0.15, 0.2) is 36.7 Å². The maximum absolute atomic E-state index is 12.8. The molecule has 43 heavy (non-hydrogen) atoms. The molecular formula is C32H37N5O5S. The van der Waals surface area contributed by atoms with Crippen LogP contribution in [0.1, 0.15) is 61.4 Å². The first-order valence-corrected chi connectivity index (χ1v) is 15.1. The molecule has 11 heteroatoms. The Bertz CT molecular complexity index is 1670. The minimum absolute atomic E-state index is 0.127. The molecule has 4 heterocycles. The number of carbonyl (C=O) groups excluding carboxylic acids is 2. The van der Waals surface area contributed by atoms with E-state index in [1.165, 1.54) is 0 Å². The van der Waals surface area contributed by atoms with Crippen molar-refractivity contribution in [1.29, 1.82) is 0 Å². The van der Waals surface area contributed by atoms with Crippen molar-refractivity contribution in [3.05, 3.63) is 58.5 Å². The van der Waals surface area contributed by atoms with E-state index in [0.29, 0.717) is 25.1 Å². The summed E-state index contributed by atoms with van der Waals surface area (Å²) in [5, 5.41) is 2.22. The van der Waals surface area contributed by atoms with Gasteiger partial charge in [0, 0.05) is 54.2 Å². The molecule has 0 unspecified atom stereocenters. The molecule has 226 valence electrons. The maximum atomic E-state index is 12.8. The van der Waals surface area contributed by atoms with Gasteiger partial charge in [-0.3, -0.25) is 4.98 Å². The maximum Gasteiger partial charge on any atom is 0.411 e. The summed E-state index contributed by atoms with van der Waals surface area (Å²) in [6.07, 6.45) is 3.85. The number of hydrogen-bond acceptors (Lipinski definition) is 9. The van der Waals surface area contributed by atoms with Crippen molar-refractivity contribution in [2.45, 2.75) is 65.5 Å². The predicted molar refractivity (Wildman–Crippen MR) is 166 cm³/mol. The smallest absolute Gasteiger partial charge is 0.411 e. The number of thiazole rings is 1. The zero-order valence-corrected chi connectivity index (χ0v) is 26.2. The summed E-state index contributed by atoms with van der Waals surface area (Å²) < 4.78 is 16.6. The molecule has 0 spiro atoms. The van der Waals surface area contributed by atoms with Gasteiger partial charge in [-0.25, -0.2) is 19.6 Å². The molecule has 0 bridgehead atoms. The lowest BCUT2D eigenvalue weighted by Gasteiger charge is -2.25. The van der Waals surface area contributed by atoms with Gasteiger partial charge >= 0.3 is 12.2 Å². The highest BCUT2D eigenvalue weighted by Crippen LogP contribution is 2.42. The summed E-state index contributed by atoms with van der Waals surface area (Å²) in [5.74, 6) is 0.394. The Kier molecular flexibility index (Phi) is 8.66. The molecular weight excluding hydrogens is 566 g/mol. The van der Waals surface area contributed by atoms with Crippen molar-refractivity contribution in [1.82, 2.24) is 19.9 Å². The lowest BCUT2D eigenvalue weighted by atomic mass is 9.97. The van der Waals surface area contributed by atoms with Crippen molar-refractivity contribution in [2.75, 3.05) is 20.3 Å². The van der Waals surface area contributed by atoms with E-state index < -0.39 is 17.8 Å². The number of fused-ring (bicyclic) bond motifs is 1. The third-order valence-corrected chi connectivity index (χ3v) is 8.75. The third kappa shape index (κ3) is 6.78. The van der Waals surface area contributed by atoms with Crippen LogP contribution < -0.4 is 10.5 Å². The van der Waals surface area contributed by atoms with E-state index in [2.05, 4.69) is 9.97 Å². The summed E-state index contributed by atoms with van der Waals surface area (Å²) >= 11 is 1.60. The third-order valence-electron chi connectivity index (χ3n) is 7.46. The zero-order chi connectivity index (χ0) is 30.9. The average Bonchev–Trinajstić information content (AvgIpc) is 3.37. The van der Waals surface area contributed by atoms with Crippen LogP contribution in [0.4, 0.5) is 9.59 Å². The Morgan fingerprint density at radius 3 is 2.53 bits per heavy atom. The van der Waals surface area contributed by atoms with Crippen LogP contribution in [-0.4, -0.2) is 57.9 Å². The van der Waals surface area contributed by atoms with Crippen LogP contribution in [0.25, 0.3) is 32.5 Å². The van der Waals surface area contributed by atoms with Crippen LogP contribution in [0, 0.1) is 13.8 Å². The van der Waals surface area contributed by atoms with E-state index in [1.54, 1.807) is 35.7 Å². The summed E-state index contributed by atoms with van der Waals surface area (Å²) in [4.78, 5) is 41.2. The first kappa shape index (κ1) is 30.4. The number of ether oxygens (including phenoxy) is 3. The van der Waals surface area contributed by atoms with Crippen LogP contribution in [0.2, 0.25) is 0 Å². The summed E-state index contributed by atoms with van der Waals surface area (Å²) in [6, 6.07) is 7.94. The minimum atomic E-state index is -0.939.